The van der Waals surface area contributed by atoms with Crippen molar-refractivity contribution < 1.29 is 4.79 Å². The molecule has 1 aliphatic rings. The molecule has 1 aliphatic heterocycles. The molecule has 0 bridgehead atoms. The molecule has 0 radical (unpaired) electrons. The first-order valence-electron chi connectivity index (χ1n) is 6.06. The number of benzene rings is 1. The maximum atomic E-state index is 11.3. The van der Waals surface area contributed by atoms with Gasteiger partial charge in [-0.25, -0.2) is 0 Å². The molecule has 0 saturated carbocycles. The molecular formula is C13H19ClN4O. The van der Waals surface area contributed by atoms with Gasteiger partial charge < -0.3 is 11.6 Å². The minimum atomic E-state index is -0.223. The first kappa shape index (κ1) is 15.5. The Morgan fingerprint density at radius 2 is 2.11 bits per heavy atom. The van der Waals surface area contributed by atoms with E-state index in [2.05, 4.69) is 10.0 Å². The van der Waals surface area contributed by atoms with Crippen LogP contribution in [0.4, 0.5) is 0 Å². The van der Waals surface area contributed by atoms with Crippen molar-refractivity contribution in [2.45, 2.75) is 25.4 Å². The van der Waals surface area contributed by atoms with E-state index in [0.717, 1.165) is 37.1 Å². The van der Waals surface area contributed by atoms with E-state index in [1.807, 2.05) is 24.3 Å². The fourth-order valence-electron chi connectivity index (χ4n) is 2.37. The fraction of sp³-hybridized carbons (Fsp3) is 0.385. The molecule has 5 nitrogen and oxygen atoms in total. The quantitative estimate of drug-likeness (QED) is 0.488. The lowest BCUT2D eigenvalue weighted by molar-refractivity contribution is -0.122. The topological polar surface area (TPSA) is 84.7 Å². The van der Waals surface area contributed by atoms with Gasteiger partial charge in [0.15, 0.2) is 0 Å². The number of carbonyl (C=O) groups is 1. The number of halogens is 1. The minimum Gasteiger partial charge on any atom is -0.368 e. The number of primary amides is 1. The lowest BCUT2D eigenvalue weighted by atomic mass is 10.1. The van der Waals surface area contributed by atoms with Crippen LogP contribution in [0.1, 0.15) is 24.0 Å². The summed E-state index contributed by atoms with van der Waals surface area (Å²) >= 11 is 0. The lowest BCUT2D eigenvalue weighted by Crippen LogP contribution is -2.39. The monoisotopic (exact) mass is 282 g/mol. The van der Waals surface area contributed by atoms with Crippen LogP contribution in [-0.2, 0) is 11.3 Å². The van der Waals surface area contributed by atoms with Crippen LogP contribution in [0, 0.1) is 0 Å². The third kappa shape index (κ3) is 3.94. The summed E-state index contributed by atoms with van der Waals surface area (Å²) in [4.78, 5) is 13.4. The molecule has 19 heavy (non-hydrogen) atoms. The Morgan fingerprint density at radius 3 is 2.68 bits per heavy atom. The van der Waals surface area contributed by atoms with Gasteiger partial charge in [0.05, 0.1) is 12.3 Å². The SMILES string of the molecule is Cl.NN=Cc1ccc(CN2CCC[C@H]2C(N)=O)cc1. The Morgan fingerprint density at radius 1 is 1.42 bits per heavy atom. The van der Waals surface area contributed by atoms with Gasteiger partial charge in [0.1, 0.15) is 0 Å². The van der Waals surface area contributed by atoms with Crippen LogP contribution >= 0.6 is 12.4 Å². The third-order valence-corrected chi connectivity index (χ3v) is 3.28. The summed E-state index contributed by atoms with van der Waals surface area (Å²) in [6, 6.07) is 7.85. The van der Waals surface area contributed by atoms with Gasteiger partial charge in [-0.05, 0) is 30.5 Å². The number of nitrogens with two attached hydrogens (primary N) is 2. The van der Waals surface area contributed by atoms with Crippen LogP contribution < -0.4 is 11.6 Å². The summed E-state index contributed by atoms with van der Waals surface area (Å²) in [5, 5.41) is 3.48. The average molecular weight is 283 g/mol. The van der Waals surface area contributed by atoms with E-state index in [0.29, 0.717) is 0 Å². The Kier molecular flexibility index (Phi) is 5.79. The highest BCUT2D eigenvalue weighted by Crippen LogP contribution is 2.19. The van der Waals surface area contributed by atoms with Crippen molar-refractivity contribution in [1.29, 1.82) is 0 Å². The van der Waals surface area contributed by atoms with E-state index < -0.39 is 0 Å². The molecule has 0 spiro atoms. The van der Waals surface area contributed by atoms with E-state index >= 15 is 0 Å². The first-order valence-corrected chi connectivity index (χ1v) is 6.06. The van der Waals surface area contributed by atoms with Gasteiger partial charge in [0.25, 0.3) is 0 Å². The van der Waals surface area contributed by atoms with Gasteiger partial charge in [-0.1, -0.05) is 24.3 Å². The Balaban J connectivity index is 0.00000180. The molecule has 1 heterocycles. The second kappa shape index (κ2) is 7.11. The summed E-state index contributed by atoms with van der Waals surface area (Å²) in [6.07, 6.45) is 3.50. The lowest BCUT2D eigenvalue weighted by Gasteiger charge is -2.21. The normalized spacial score (nSPS) is 19.5. The van der Waals surface area contributed by atoms with E-state index in [1.54, 1.807) is 6.21 Å². The number of carbonyl (C=O) groups excluding carboxylic acids is 1. The van der Waals surface area contributed by atoms with E-state index in [9.17, 15) is 4.79 Å². The van der Waals surface area contributed by atoms with Crippen molar-refractivity contribution in [2.24, 2.45) is 16.7 Å². The summed E-state index contributed by atoms with van der Waals surface area (Å²) in [7, 11) is 0. The molecule has 1 amide bonds. The maximum absolute atomic E-state index is 11.3. The highest BCUT2D eigenvalue weighted by molar-refractivity contribution is 5.85. The van der Waals surface area contributed by atoms with E-state index in [-0.39, 0.29) is 24.4 Å². The number of hydrogen-bond donors (Lipinski definition) is 2. The van der Waals surface area contributed by atoms with Gasteiger partial charge in [-0.15, -0.1) is 12.4 Å². The van der Waals surface area contributed by atoms with Gasteiger partial charge in [-0.3, -0.25) is 9.69 Å². The van der Waals surface area contributed by atoms with Crippen molar-refractivity contribution in [1.82, 2.24) is 4.90 Å². The van der Waals surface area contributed by atoms with Crippen LogP contribution in [0.2, 0.25) is 0 Å². The van der Waals surface area contributed by atoms with Gasteiger partial charge in [-0.2, -0.15) is 5.10 Å². The van der Waals surface area contributed by atoms with Crippen LogP contribution in [0.25, 0.3) is 0 Å². The zero-order valence-electron chi connectivity index (χ0n) is 10.7. The third-order valence-electron chi connectivity index (χ3n) is 3.28. The molecule has 1 atom stereocenters. The minimum absolute atomic E-state index is 0. The second-order valence-electron chi connectivity index (χ2n) is 4.55. The zero-order chi connectivity index (χ0) is 13.0. The number of hydrogen-bond acceptors (Lipinski definition) is 4. The predicted molar refractivity (Wildman–Crippen MR) is 78.1 cm³/mol. The van der Waals surface area contributed by atoms with Crippen molar-refractivity contribution in [3.8, 4) is 0 Å². The Labute approximate surface area is 119 Å². The molecule has 1 aromatic rings. The number of likely N-dealkylation sites (tertiary alicyclic amines) is 1. The Hall–Kier alpha value is -1.59. The summed E-state index contributed by atoms with van der Waals surface area (Å²) < 4.78 is 0. The number of amides is 1. The largest absolute Gasteiger partial charge is 0.368 e. The molecule has 1 fully saturated rings. The molecule has 6 heteroatoms. The van der Waals surface area contributed by atoms with Crippen LogP contribution in [0.15, 0.2) is 29.4 Å². The number of nitrogens with zero attached hydrogens (tertiary/aromatic N) is 2. The average Bonchev–Trinajstić information content (AvgIpc) is 2.80. The standard InChI is InChI=1S/C13H18N4O.ClH/c14-13(18)12-2-1-7-17(12)9-11-5-3-10(4-6-11)8-16-15;/h3-6,8,12H,1-2,7,9,15H2,(H2,14,18);1H/t12-;/m0./s1. The van der Waals surface area contributed by atoms with Crippen LogP contribution in [0.5, 0.6) is 0 Å². The summed E-state index contributed by atoms with van der Waals surface area (Å²) in [5.41, 5.74) is 7.52. The van der Waals surface area contributed by atoms with Crippen molar-refractivity contribution >= 4 is 24.5 Å². The van der Waals surface area contributed by atoms with Crippen molar-refractivity contribution in [2.75, 3.05) is 6.54 Å². The molecule has 1 aromatic carbocycles. The molecule has 0 aromatic heterocycles. The van der Waals surface area contributed by atoms with Gasteiger partial charge in [0.2, 0.25) is 5.91 Å². The summed E-state index contributed by atoms with van der Waals surface area (Å²) in [5.74, 6) is 4.87. The predicted octanol–water partition coefficient (Wildman–Crippen LogP) is 0.851. The molecule has 2 rings (SSSR count). The van der Waals surface area contributed by atoms with E-state index in [1.165, 1.54) is 0 Å². The highest BCUT2D eigenvalue weighted by atomic mass is 35.5. The first-order chi connectivity index (χ1) is 8.70. The summed E-state index contributed by atoms with van der Waals surface area (Å²) in [6.45, 7) is 1.69. The van der Waals surface area contributed by atoms with Crippen molar-refractivity contribution in [3.05, 3.63) is 35.4 Å². The van der Waals surface area contributed by atoms with Crippen molar-refractivity contribution in [3.63, 3.8) is 0 Å². The van der Waals surface area contributed by atoms with E-state index in [4.69, 9.17) is 11.6 Å². The molecular weight excluding hydrogens is 264 g/mol. The zero-order valence-corrected chi connectivity index (χ0v) is 11.5. The van der Waals surface area contributed by atoms with Crippen LogP contribution in [0.3, 0.4) is 0 Å². The molecule has 104 valence electrons. The highest BCUT2D eigenvalue weighted by Gasteiger charge is 2.28. The molecule has 0 unspecified atom stereocenters. The fourth-order valence-corrected chi connectivity index (χ4v) is 2.37. The molecule has 1 saturated heterocycles. The van der Waals surface area contributed by atoms with Gasteiger partial charge in [0, 0.05) is 6.54 Å². The maximum Gasteiger partial charge on any atom is 0.234 e. The number of rotatable bonds is 4. The molecule has 0 aliphatic carbocycles. The van der Waals surface area contributed by atoms with Gasteiger partial charge >= 0.3 is 0 Å². The molecule has 4 N–H and O–H groups in total. The number of hydrazone groups is 1. The smallest absolute Gasteiger partial charge is 0.234 e. The van der Waals surface area contributed by atoms with Crippen LogP contribution in [-0.4, -0.2) is 29.6 Å². The Bertz CT molecular complexity index is 446. The second-order valence-corrected chi connectivity index (χ2v) is 4.55.